The van der Waals surface area contributed by atoms with Crippen molar-refractivity contribution >= 4 is 50.7 Å². The quantitative estimate of drug-likeness (QED) is 0.277. The van der Waals surface area contributed by atoms with E-state index in [2.05, 4.69) is 5.32 Å². The number of benzene rings is 3. The minimum atomic E-state index is -4.33. The molecule has 4 rings (SSSR count). The fourth-order valence-corrected chi connectivity index (χ4v) is 5.39. The van der Waals surface area contributed by atoms with Crippen molar-refractivity contribution in [2.24, 2.45) is 0 Å². The van der Waals surface area contributed by atoms with Gasteiger partial charge in [0.15, 0.2) is 11.5 Å². The Morgan fingerprint density at radius 2 is 1.72 bits per heavy atom. The van der Waals surface area contributed by atoms with Gasteiger partial charge in [0.1, 0.15) is 17.3 Å². The standard InChI is InChI=1S/C27H24N2O8S2/c1-18(30)28-20-11-13-22(14-12-20)39(33,34)37-25-19(7-6-10-23(25)35-2)17-24-26(31)29(27(32)38-24)15-16-36-21-8-4-3-5-9-21/h3-14,17H,15-16H2,1-2H3,(H,28,30)/b24-17-. The number of nitrogens with one attached hydrogen (secondary N) is 1. The van der Waals surface area contributed by atoms with Crippen LogP contribution in [0, 0.1) is 0 Å². The third-order valence-electron chi connectivity index (χ3n) is 5.37. The highest BCUT2D eigenvalue weighted by Gasteiger charge is 2.35. The Balaban J connectivity index is 1.55. The molecule has 0 bridgehead atoms. The van der Waals surface area contributed by atoms with Crippen LogP contribution in [0.2, 0.25) is 0 Å². The van der Waals surface area contributed by atoms with Gasteiger partial charge in [-0.05, 0) is 60.3 Å². The summed E-state index contributed by atoms with van der Waals surface area (Å²) in [6.07, 6.45) is 1.39. The lowest BCUT2D eigenvalue weighted by Gasteiger charge is -2.14. The summed E-state index contributed by atoms with van der Waals surface area (Å²) in [6.45, 7) is 1.49. The molecule has 0 saturated carbocycles. The monoisotopic (exact) mass is 568 g/mol. The summed E-state index contributed by atoms with van der Waals surface area (Å²) in [5.41, 5.74) is 0.642. The van der Waals surface area contributed by atoms with Gasteiger partial charge in [0.05, 0.1) is 18.6 Å². The summed E-state index contributed by atoms with van der Waals surface area (Å²) in [5, 5.41) is 2.09. The number of hydrogen-bond donors (Lipinski definition) is 1. The molecule has 0 aromatic heterocycles. The number of ether oxygens (including phenoxy) is 2. The molecule has 1 fully saturated rings. The first-order chi connectivity index (χ1) is 18.7. The van der Waals surface area contributed by atoms with Crippen LogP contribution >= 0.6 is 11.8 Å². The molecule has 1 heterocycles. The number of imide groups is 1. The number of carbonyl (C=O) groups is 3. The Labute approximate surface area is 229 Å². The Kier molecular flexibility index (Phi) is 8.57. The van der Waals surface area contributed by atoms with Gasteiger partial charge >= 0.3 is 10.1 Å². The lowest BCUT2D eigenvalue weighted by atomic mass is 10.1. The van der Waals surface area contributed by atoms with Gasteiger partial charge in [-0.15, -0.1) is 0 Å². The van der Waals surface area contributed by atoms with Crippen LogP contribution in [0.5, 0.6) is 17.2 Å². The van der Waals surface area contributed by atoms with Gasteiger partial charge in [-0.1, -0.05) is 30.3 Å². The lowest BCUT2D eigenvalue weighted by Crippen LogP contribution is -2.32. The van der Waals surface area contributed by atoms with E-state index in [9.17, 15) is 22.8 Å². The third-order valence-corrected chi connectivity index (χ3v) is 7.52. The molecule has 3 aromatic rings. The van der Waals surface area contributed by atoms with E-state index in [4.69, 9.17) is 13.7 Å². The zero-order valence-electron chi connectivity index (χ0n) is 20.9. The number of para-hydroxylation sites is 2. The molecule has 0 radical (unpaired) electrons. The smallest absolute Gasteiger partial charge is 0.339 e. The number of thioether (sulfide) groups is 1. The summed E-state index contributed by atoms with van der Waals surface area (Å²) < 4.78 is 42.5. The van der Waals surface area contributed by atoms with Crippen LogP contribution in [0.3, 0.4) is 0 Å². The van der Waals surface area contributed by atoms with Crippen molar-refractivity contribution in [3.05, 3.63) is 83.3 Å². The van der Waals surface area contributed by atoms with E-state index in [-0.39, 0.29) is 45.9 Å². The van der Waals surface area contributed by atoms with E-state index in [0.29, 0.717) is 11.4 Å². The highest BCUT2D eigenvalue weighted by Crippen LogP contribution is 2.38. The highest BCUT2D eigenvalue weighted by atomic mass is 32.2. The normalized spacial score (nSPS) is 14.4. The Hall–Kier alpha value is -4.29. The van der Waals surface area contributed by atoms with Crippen molar-refractivity contribution < 1.29 is 36.5 Å². The van der Waals surface area contributed by atoms with Gasteiger partial charge in [-0.3, -0.25) is 19.3 Å². The van der Waals surface area contributed by atoms with Gasteiger partial charge in [0, 0.05) is 18.2 Å². The fraction of sp³-hybridized carbons (Fsp3) is 0.148. The van der Waals surface area contributed by atoms with Crippen molar-refractivity contribution in [3.63, 3.8) is 0 Å². The number of methoxy groups -OCH3 is 1. The molecule has 10 nitrogen and oxygen atoms in total. The maximum absolute atomic E-state index is 13.1. The van der Waals surface area contributed by atoms with Crippen molar-refractivity contribution in [1.82, 2.24) is 4.90 Å². The second kappa shape index (κ2) is 12.0. The molecule has 0 atom stereocenters. The molecule has 12 heteroatoms. The average Bonchev–Trinajstić information content (AvgIpc) is 3.17. The molecule has 0 spiro atoms. The summed E-state index contributed by atoms with van der Waals surface area (Å²) >= 11 is 0.728. The van der Waals surface area contributed by atoms with Gasteiger partial charge < -0.3 is 19.0 Å². The highest BCUT2D eigenvalue weighted by molar-refractivity contribution is 8.18. The van der Waals surface area contributed by atoms with E-state index >= 15 is 0 Å². The minimum Gasteiger partial charge on any atom is -0.493 e. The topological polar surface area (TPSA) is 128 Å². The molecule has 39 heavy (non-hydrogen) atoms. The molecule has 3 amide bonds. The first kappa shape index (κ1) is 27.7. The van der Waals surface area contributed by atoms with E-state index < -0.39 is 21.3 Å². The van der Waals surface area contributed by atoms with Gasteiger partial charge in [0.2, 0.25) is 5.91 Å². The van der Waals surface area contributed by atoms with Crippen molar-refractivity contribution in [2.75, 3.05) is 25.6 Å². The number of carbonyl (C=O) groups excluding carboxylic acids is 3. The van der Waals surface area contributed by atoms with Crippen LogP contribution in [0.4, 0.5) is 10.5 Å². The summed E-state index contributed by atoms with van der Waals surface area (Å²) in [4.78, 5) is 37.7. The number of anilines is 1. The third kappa shape index (κ3) is 6.78. The maximum Gasteiger partial charge on any atom is 0.339 e. The second-order valence-electron chi connectivity index (χ2n) is 8.12. The van der Waals surface area contributed by atoms with Crippen LogP contribution in [0.1, 0.15) is 12.5 Å². The first-order valence-corrected chi connectivity index (χ1v) is 13.8. The number of amides is 3. The number of rotatable bonds is 10. The molecular formula is C27H24N2O8S2. The predicted octanol–water partition coefficient (Wildman–Crippen LogP) is 4.54. The van der Waals surface area contributed by atoms with Gasteiger partial charge in [-0.25, -0.2) is 0 Å². The number of nitrogens with zero attached hydrogens (tertiary/aromatic N) is 1. The Bertz CT molecular complexity index is 1520. The maximum atomic E-state index is 13.1. The fourth-order valence-electron chi connectivity index (χ4n) is 3.57. The Morgan fingerprint density at radius 3 is 2.38 bits per heavy atom. The molecule has 1 aliphatic heterocycles. The van der Waals surface area contributed by atoms with E-state index in [1.165, 1.54) is 50.4 Å². The number of hydrogen-bond acceptors (Lipinski definition) is 9. The van der Waals surface area contributed by atoms with E-state index in [1.807, 2.05) is 18.2 Å². The molecule has 1 N–H and O–H groups in total. The van der Waals surface area contributed by atoms with Gasteiger partial charge in [0.25, 0.3) is 11.1 Å². The molecule has 3 aromatic carbocycles. The van der Waals surface area contributed by atoms with Crippen LogP contribution in [0.25, 0.3) is 6.08 Å². The zero-order chi connectivity index (χ0) is 28.0. The van der Waals surface area contributed by atoms with Crippen LogP contribution in [-0.2, 0) is 19.7 Å². The van der Waals surface area contributed by atoms with Crippen molar-refractivity contribution in [2.45, 2.75) is 11.8 Å². The average molecular weight is 569 g/mol. The van der Waals surface area contributed by atoms with Gasteiger partial charge in [-0.2, -0.15) is 8.42 Å². The molecule has 1 aliphatic rings. The summed E-state index contributed by atoms with van der Waals surface area (Å²) in [7, 11) is -2.98. The molecule has 1 saturated heterocycles. The summed E-state index contributed by atoms with van der Waals surface area (Å²) in [5.74, 6) is -0.257. The van der Waals surface area contributed by atoms with Crippen LogP contribution < -0.4 is 19.0 Å². The van der Waals surface area contributed by atoms with Crippen LogP contribution in [0.15, 0.2) is 82.6 Å². The molecule has 0 unspecified atom stereocenters. The molecule has 0 aliphatic carbocycles. The molecule has 202 valence electrons. The largest absolute Gasteiger partial charge is 0.493 e. The minimum absolute atomic E-state index is 0.0429. The second-order valence-corrected chi connectivity index (χ2v) is 10.7. The zero-order valence-corrected chi connectivity index (χ0v) is 22.6. The van der Waals surface area contributed by atoms with Crippen molar-refractivity contribution in [1.29, 1.82) is 0 Å². The van der Waals surface area contributed by atoms with E-state index in [0.717, 1.165) is 16.7 Å². The lowest BCUT2D eigenvalue weighted by molar-refractivity contribution is -0.123. The van der Waals surface area contributed by atoms with E-state index in [1.54, 1.807) is 24.3 Å². The predicted molar refractivity (Wildman–Crippen MR) is 146 cm³/mol. The Morgan fingerprint density at radius 1 is 1.00 bits per heavy atom. The SMILES string of the molecule is COc1cccc(/C=C2\SC(=O)N(CCOc3ccccc3)C2=O)c1OS(=O)(=O)c1ccc(NC(C)=O)cc1. The summed E-state index contributed by atoms with van der Waals surface area (Å²) in [6, 6.07) is 19.1. The van der Waals surface area contributed by atoms with Crippen molar-refractivity contribution in [3.8, 4) is 17.2 Å². The first-order valence-electron chi connectivity index (χ1n) is 11.6. The van der Waals surface area contributed by atoms with Crippen LogP contribution in [-0.4, -0.2) is 50.6 Å². The molecular weight excluding hydrogens is 544 g/mol.